The summed E-state index contributed by atoms with van der Waals surface area (Å²) in [7, 11) is -3.50. The summed E-state index contributed by atoms with van der Waals surface area (Å²) in [6, 6.07) is 5.37. The van der Waals surface area contributed by atoms with Crippen LogP contribution in [0.25, 0.3) is 0 Å². The first-order valence-corrected chi connectivity index (χ1v) is 8.47. The first-order valence-electron chi connectivity index (χ1n) is 6.98. The monoisotopic (exact) mass is 298 g/mol. The number of sulfonamides is 1. The zero-order valence-corrected chi connectivity index (χ0v) is 12.6. The second-order valence-corrected chi connectivity index (χ2v) is 6.69. The van der Waals surface area contributed by atoms with E-state index in [1.807, 2.05) is 19.1 Å². The number of hydrogen-bond donors (Lipinski definition) is 2. The fourth-order valence-corrected chi connectivity index (χ4v) is 4.03. The molecule has 20 heavy (non-hydrogen) atoms. The van der Waals surface area contributed by atoms with Crippen LogP contribution in [-0.4, -0.2) is 27.7 Å². The summed E-state index contributed by atoms with van der Waals surface area (Å²) in [6.45, 7) is 3.50. The molecule has 5 nitrogen and oxygen atoms in total. The van der Waals surface area contributed by atoms with Gasteiger partial charge in [-0.3, -0.25) is 0 Å². The lowest BCUT2D eigenvalue weighted by Crippen LogP contribution is -2.39. The highest BCUT2D eigenvalue weighted by Gasteiger charge is 2.24. The van der Waals surface area contributed by atoms with E-state index in [0.717, 1.165) is 24.0 Å². The Morgan fingerprint density at radius 1 is 1.35 bits per heavy atom. The Morgan fingerprint density at radius 2 is 2.05 bits per heavy atom. The largest absolute Gasteiger partial charge is 0.381 e. The van der Waals surface area contributed by atoms with Crippen molar-refractivity contribution in [2.75, 3.05) is 13.2 Å². The molecule has 0 aromatic heterocycles. The van der Waals surface area contributed by atoms with E-state index in [0.29, 0.717) is 31.1 Å². The van der Waals surface area contributed by atoms with Crippen LogP contribution in [0.1, 0.15) is 30.9 Å². The van der Waals surface area contributed by atoms with Crippen molar-refractivity contribution in [2.24, 2.45) is 5.73 Å². The lowest BCUT2D eigenvalue weighted by Gasteiger charge is -2.23. The predicted octanol–water partition coefficient (Wildman–Crippen LogP) is 1.17. The van der Waals surface area contributed by atoms with Gasteiger partial charge in [0.25, 0.3) is 0 Å². The molecule has 1 aliphatic heterocycles. The average Bonchev–Trinajstić information content (AvgIpc) is 2.47. The maximum atomic E-state index is 12.6. The van der Waals surface area contributed by atoms with E-state index in [1.165, 1.54) is 0 Å². The lowest BCUT2D eigenvalue weighted by molar-refractivity contribution is 0.0832. The Balaban J connectivity index is 2.27. The number of hydrogen-bond acceptors (Lipinski definition) is 4. The Bertz CT molecular complexity index is 552. The summed E-state index contributed by atoms with van der Waals surface area (Å²) in [5.41, 5.74) is 7.26. The molecular weight excluding hydrogens is 276 g/mol. The Labute approximate surface area is 120 Å². The summed E-state index contributed by atoms with van der Waals surface area (Å²) in [6.07, 6.45) is 2.11. The van der Waals surface area contributed by atoms with Crippen LogP contribution in [0.3, 0.4) is 0 Å². The molecule has 1 fully saturated rings. The van der Waals surface area contributed by atoms with Crippen LogP contribution in [-0.2, 0) is 27.7 Å². The predicted molar refractivity (Wildman–Crippen MR) is 77.9 cm³/mol. The van der Waals surface area contributed by atoms with Gasteiger partial charge >= 0.3 is 0 Å². The number of ether oxygens (including phenoxy) is 1. The minimum atomic E-state index is -3.50. The molecule has 0 atom stereocenters. The second kappa shape index (κ2) is 6.67. The first-order chi connectivity index (χ1) is 9.56. The average molecular weight is 298 g/mol. The fourth-order valence-electron chi connectivity index (χ4n) is 2.37. The molecule has 0 amide bonds. The highest BCUT2D eigenvalue weighted by molar-refractivity contribution is 7.89. The molecule has 1 heterocycles. The van der Waals surface area contributed by atoms with E-state index in [4.69, 9.17) is 10.5 Å². The molecule has 0 radical (unpaired) electrons. The van der Waals surface area contributed by atoms with Crippen molar-refractivity contribution < 1.29 is 13.2 Å². The number of aryl methyl sites for hydroxylation is 1. The van der Waals surface area contributed by atoms with Gasteiger partial charge in [-0.15, -0.1) is 0 Å². The van der Waals surface area contributed by atoms with Crippen LogP contribution in [0, 0.1) is 0 Å². The minimum Gasteiger partial charge on any atom is -0.381 e. The molecule has 0 saturated carbocycles. The van der Waals surface area contributed by atoms with Crippen molar-refractivity contribution in [3.05, 3.63) is 29.3 Å². The van der Waals surface area contributed by atoms with E-state index in [1.54, 1.807) is 6.07 Å². The van der Waals surface area contributed by atoms with Gasteiger partial charge in [0.1, 0.15) is 0 Å². The molecule has 112 valence electrons. The number of nitrogens with two attached hydrogens (primary N) is 1. The smallest absolute Gasteiger partial charge is 0.241 e. The summed E-state index contributed by atoms with van der Waals surface area (Å²) in [5, 5.41) is 0. The van der Waals surface area contributed by atoms with E-state index in [9.17, 15) is 8.42 Å². The Kier molecular flexibility index (Phi) is 5.15. The van der Waals surface area contributed by atoms with E-state index in [-0.39, 0.29) is 6.04 Å². The minimum absolute atomic E-state index is 0.0417. The number of nitrogens with one attached hydrogen (secondary N) is 1. The number of benzene rings is 1. The molecule has 3 N–H and O–H groups in total. The molecule has 1 aromatic carbocycles. The maximum absolute atomic E-state index is 12.6. The van der Waals surface area contributed by atoms with Crippen LogP contribution in [0.15, 0.2) is 23.1 Å². The SMILES string of the molecule is CCc1ccc(CN)cc1S(=O)(=O)NC1CCOCC1. The molecule has 6 heteroatoms. The lowest BCUT2D eigenvalue weighted by atomic mass is 10.1. The van der Waals surface area contributed by atoms with Crippen LogP contribution in [0.2, 0.25) is 0 Å². The van der Waals surface area contributed by atoms with Crippen molar-refractivity contribution in [3.63, 3.8) is 0 Å². The van der Waals surface area contributed by atoms with Gasteiger partial charge < -0.3 is 10.5 Å². The molecule has 0 spiro atoms. The van der Waals surface area contributed by atoms with Crippen LogP contribution < -0.4 is 10.5 Å². The molecule has 0 aliphatic carbocycles. The van der Waals surface area contributed by atoms with Gasteiger partial charge in [0.15, 0.2) is 0 Å². The van der Waals surface area contributed by atoms with Crippen LogP contribution in [0.5, 0.6) is 0 Å². The van der Waals surface area contributed by atoms with Crippen molar-refractivity contribution in [1.29, 1.82) is 0 Å². The topological polar surface area (TPSA) is 81.4 Å². The third-order valence-electron chi connectivity index (χ3n) is 3.58. The summed E-state index contributed by atoms with van der Waals surface area (Å²) in [4.78, 5) is 0.356. The normalized spacial score (nSPS) is 17.3. The molecule has 0 unspecified atom stereocenters. The molecule has 1 aliphatic rings. The number of rotatable bonds is 5. The summed E-state index contributed by atoms with van der Waals surface area (Å²) < 4.78 is 33.1. The van der Waals surface area contributed by atoms with Crippen LogP contribution >= 0.6 is 0 Å². The van der Waals surface area contributed by atoms with Gasteiger partial charge in [-0.2, -0.15) is 0 Å². The van der Waals surface area contributed by atoms with Crippen molar-refractivity contribution in [1.82, 2.24) is 4.72 Å². The third kappa shape index (κ3) is 3.58. The van der Waals surface area contributed by atoms with Crippen molar-refractivity contribution in [2.45, 2.75) is 43.7 Å². The molecule has 2 rings (SSSR count). The fraction of sp³-hybridized carbons (Fsp3) is 0.571. The Morgan fingerprint density at radius 3 is 2.65 bits per heavy atom. The summed E-state index contributed by atoms with van der Waals surface area (Å²) >= 11 is 0. The van der Waals surface area contributed by atoms with Crippen molar-refractivity contribution in [3.8, 4) is 0 Å². The standard InChI is InChI=1S/C14H22N2O3S/c1-2-12-4-3-11(10-15)9-14(12)20(17,18)16-13-5-7-19-8-6-13/h3-4,9,13,16H,2,5-8,10,15H2,1H3. The van der Waals surface area contributed by atoms with Gasteiger partial charge in [0, 0.05) is 25.8 Å². The molecule has 0 bridgehead atoms. The van der Waals surface area contributed by atoms with Gasteiger partial charge in [-0.25, -0.2) is 13.1 Å². The molecular formula is C14H22N2O3S. The zero-order chi connectivity index (χ0) is 14.6. The van der Waals surface area contributed by atoms with Crippen molar-refractivity contribution >= 4 is 10.0 Å². The Hall–Kier alpha value is -0.950. The highest BCUT2D eigenvalue weighted by atomic mass is 32.2. The zero-order valence-electron chi connectivity index (χ0n) is 11.8. The maximum Gasteiger partial charge on any atom is 0.241 e. The third-order valence-corrected chi connectivity index (χ3v) is 5.18. The van der Waals surface area contributed by atoms with E-state index in [2.05, 4.69) is 4.72 Å². The second-order valence-electron chi connectivity index (χ2n) is 5.01. The van der Waals surface area contributed by atoms with Gasteiger partial charge in [-0.05, 0) is 36.5 Å². The van der Waals surface area contributed by atoms with E-state index < -0.39 is 10.0 Å². The highest BCUT2D eigenvalue weighted by Crippen LogP contribution is 2.20. The van der Waals surface area contributed by atoms with Gasteiger partial charge in [-0.1, -0.05) is 19.1 Å². The van der Waals surface area contributed by atoms with Gasteiger partial charge in [0.2, 0.25) is 10.0 Å². The summed E-state index contributed by atoms with van der Waals surface area (Å²) in [5.74, 6) is 0. The molecule has 1 saturated heterocycles. The quantitative estimate of drug-likeness (QED) is 0.855. The van der Waals surface area contributed by atoms with Crippen LogP contribution in [0.4, 0.5) is 0 Å². The first kappa shape index (κ1) is 15.4. The van der Waals surface area contributed by atoms with E-state index >= 15 is 0 Å². The van der Waals surface area contributed by atoms with Gasteiger partial charge in [0.05, 0.1) is 4.90 Å². The molecule has 1 aromatic rings.